The van der Waals surface area contributed by atoms with Crippen LogP contribution in [-0.2, 0) is 4.79 Å². The summed E-state index contributed by atoms with van der Waals surface area (Å²) in [5.74, 6) is 0.513. The van der Waals surface area contributed by atoms with Crippen molar-refractivity contribution in [1.82, 2.24) is 39.4 Å². The molecule has 5 rings (SSSR count). The highest BCUT2D eigenvalue weighted by Gasteiger charge is 2.27. The number of aliphatic hydroxyl groups is 1. The first-order chi connectivity index (χ1) is 18.3. The summed E-state index contributed by atoms with van der Waals surface area (Å²) in [6.07, 6.45) is 5.96. The summed E-state index contributed by atoms with van der Waals surface area (Å²) in [6.45, 7) is 6.33. The molecule has 1 aliphatic rings. The number of rotatable bonds is 6. The predicted octanol–water partition coefficient (Wildman–Crippen LogP) is 1.64. The summed E-state index contributed by atoms with van der Waals surface area (Å²) in [4.78, 5) is 22.4. The van der Waals surface area contributed by atoms with Crippen molar-refractivity contribution in [3.8, 4) is 28.5 Å². The van der Waals surface area contributed by atoms with Crippen LogP contribution in [0.1, 0.15) is 25.5 Å². The van der Waals surface area contributed by atoms with Crippen molar-refractivity contribution in [1.29, 1.82) is 5.26 Å². The number of aliphatic hydroxyl groups excluding tert-OH is 1. The highest BCUT2D eigenvalue weighted by molar-refractivity contribution is 5.87. The van der Waals surface area contributed by atoms with Crippen molar-refractivity contribution in [3.05, 3.63) is 48.5 Å². The molecule has 1 aliphatic heterocycles. The summed E-state index contributed by atoms with van der Waals surface area (Å²) in [6, 6.07) is 8.33. The molecule has 1 fully saturated rings. The minimum atomic E-state index is -1.14. The van der Waals surface area contributed by atoms with Crippen LogP contribution in [0.25, 0.3) is 27.9 Å². The number of aromatic nitrogens is 6. The van der Waals surface area contributed by atoms with Gasteiger partial charge in [0.1, 0.15) is 17.6 Å². The van der Waals surface area contributed by atoms with Gasteiger partial charge in [0.15, 0.2) is 6.23 Å². The molecule has 0 aliphatic carbocycles. The average molecular weight is 515 g/mol. The summed E-state index contributed by atoms with van der Waals surface area (Å²) in [5, 5.41) is 32.7. The van der Waals surface area contributed by atoms with Gasteiger partial charge in [-0.3, -0.25) is 9.69 Å². The Hall–Kier alpha value is -4.34. The maximum Gasteiger partial charge on any atom is 0.266 e. The van der Waals surface area contributed by atoms with E-state index >= 15 is 0 Å². The Morgan fingerprint density at radius 1 is 1.11 bits per heavy atom. The Morgan fingerprint density at radius 3 is 2.47 bits per heavy atom. The van der Waals surface area contributed by atoms with Gasteiger partial charge in [0.2, 0.25) is 0 Å². The Balaban J connectivity index is 1.41. The van der Waals surface area contributed by atoms with Crippen LogP contribution in [0.5, 0.6) is 0 Å². The number of hydrogen-bond donors (Lipinski definition) is 1. The Labute approximate surface area is 220 Å². The number of carbonyl (C=O) groups is 1. The van der Waals surface area contributed by atoms with Gasteiger partial charge in [-0.2, -0.15) is 10.4 Å². The third kappa shape index (κ3) is 4.69. The van der Waals surface area contributed by atoms with Gasteiger partial charge in [0, 0.05) is 61.3 Å². The smallest absolute Gasteiger partial charge is 0.266 e. The van der Waals surface area contributed by atoms with Crippen molar-refractivity contribution in [2.24, 2.45) is 0 Å². The van der Waals surface area contributed by atoms with Crippen LogP contribution in [-0.4, -0.2) is 96.9 Å². The fraction of sp³-hybridized carbons (Fsp3) is 0.385. The summed E-state index contributed by atoms with van der Waals surface area (Å²) < 4.78 is 3.50. The van der Waals surface area contributed by atoms with Crippen LogP contribution < -0.4 is 4.90 Å². The lowest BCUT2D eigenvalue weighted by molar-refractivity contribution is -0.148. The molecule has 4 aromatic rings. The minimum Gasteiger partial charge on any atom is -0.370 e. The van der Waals surface area contributed by atoms with Gasteiger partial charge in [-0.15, -0.1) is 5.10 Å². The number of anilines is 1. The maximum atomic E-state index is 12.4. The van der Waals surface area contributed by atoms with E-state index < -0.39 is 6.23 Å². The molecule has 1 amide bonds. The maximum absolute atomic E-state index is 12.4. The number of likely N-dealkylation sites (N-methyl/N-ethyl adjacent to an activating group) is 1. The number of carbonyl (C=O) groups excluding carboxylic acids is 1. The standard InChI is InChI=1S/C26H30N10O2/c1-17(2)35-16-22(30-31-35)19-11-21(24-20(12-27)14-29-36(24)15-19)18-5-6-23(28-13-18)33-7-9-34(10-8-33)26(38)25(37)32(3)4/h5-6,11,13-17,25,37H,7-10H2,1-4H3/t25-/m0/s1. The van der Waals surface area contributed by atoms with E-state index in [1.54, 1.807) is 40.6 Å². The minimum absolute atomic E-state index is 0.184. The topological polar surface area (TPSA) is 132 Å². The molecule has 0 bridgehead atoms. The van der Waals surface area contributed by atoms with E-state index in [1.807, 2.05) is 44.4 Å². The van der Waals surface area contributed by atoms with E-state index in [0.717, 1.165) is 22.5 Å². The fourth-order valence-electron chi connectivity index (χ4n) is 4.50. The van der Waals surface area contributed by atoms with Crippen LogP contribution in [0.4, 0.5) is 5.82 Å². The quantitative estimate of drug-likeness (QED) is 0.381. The highest BCUT2D eigenvalue weighted by atomic mass is 16.3. The number of fused-ring (bicyclic) bond motifs is 1. The van der Waals surface area contributed by atoms with Gasteiger partial charge in [0.25, 0.3) is 5.91 Å². The summed E-state index contributed by atoms with van der Waals surface area (Å²) >= 11 is 0. The van der Waals surface area contributed by atoms with E-state index in [9.17, 15) is 15.2 Å². The molecule has 1 N–H and O–H groups in total. The lowest BCUT2D eigenvalue weighted by Crippen LogP contribution is -2.54. The monoisotopic (exact) mass is 514 g/mol. The molecule has 0 aromatic carbocycles. The van der Waals surface area contributed by atoms with E-state index in [-0.39, 0.29) is 11.9 Å². The van der Waals surface area contributed by atoms with E-state index in [2.05, 4.69) is 26.4 Å². The average Bonchev–Trinajstić information content (AvgIpc) is 3.60. The van der Waals surface area contributed by atoms with Crippen molar-refractivity contribution < 1.29 is 9.90 Å². The Kier molecular flexibility index (Phi) is 6.79. The second-order valence-corrected chi connectivity index (χ2v) is 9.84. The van der Waals surface area contributed by atoms with Crippen molar-refractivity contribution in [3.63, 3.8) is 0 Å². The third-order valence-corrected chi connectivity index (χ3v) is 6.75. The van der Waals surface area contributed by atoms with Crippen molar-refractivity contribution >= 4 is 17.2 Å². The second kappa shape index (κ2) is 10.2. The van der Waals surface area contributed by atoms with Gasteiger partial charge in [-0.1, -0.05) is 5.21 Å². The Bertz CT molecular complexity index is 1490. The van der Waals surface area contributed by atoms with E-state index in [4.69, 9.17) is 4.98 Å². The molecule has 4 aromatic heterocycles. The fourth-order valence-corrected chi connectivity index (χ4v) is 4.50. The lowest BCUT2D eigenvalue weighted by atomic mass is 10.0. The number of nitriles is 1. The molecular weight excluding hydrogens is 484 g/mol. The Morgan fingerprint density at radius 2 is 1.87 bits per heavy atom. The SMILES string of the molecule is CC(C)n1cc(-c2cc(-c3ccc(N4CCN(C(=O)[C@H](O)N(C)C)CC4)nc3)c3c(C#N)cnn3c2)nn1. The molecule has 196 valence electrons. The zero-order valence-electron chi connectivity index (χ0n) is 21.9. The first-order valence-electron chi connectivity index (χ1n) is 12.4. The zero-order chi connectivity index (χ0) is 27.0. The largest absolute Gasteiger partial charge is 0.370 e. The number of amides is 1. The highest BCUT2D eigenvalue weighted by Crippen LogP contribution is 2.32. The van der Waals surface area contributed by atoms with Gasteiger partial charge in [-0.25, -0.2) is 14.2 Å². The zero-order valence-corrected chi connectivity index (χ0v) is 21.9. The molecule has 1 saturated heterocycles. The molecular formula is C26H30N10O2. The first-order valence-corrected chi connectivity index (χ1v) is 12.4. The number of pyridine rings is 2. The van der Waals surface area contributed by atoms with E-state index in [1.165, 1.54) is 4.90 Å². The summed E-state index contributed by atoms with van der Waals surface area (Å²) in [7, 11) is 3.35. The first kappa shape index (κ1) is 25.3. The molecule has 38 heavy (non-hydrogen) atoms. The predicted molar refractivity (Wildman–Crippen MR) is 141 cm³/mol. The van der Waals surface area contributed by atoms with Crippen LogP contribution in [0.2, 0.25) is 0 Å². The molecule has 0 saturated carbocycles. The van der Waals surface area contributed by atoms with Crippen LogP contribution >= 0.6 is 0 Å². The summed E-state index contributed by atoms with van der Waals surface area (Å²) in [5.41, 5.74) is 4.39. The van der Waals surface area contributed by atoms with Gasteiger partial charge >= 0.3 is 0 Å². The molecule has 5 heterocycles. The molecule has 12 nitrogen and oxygen atoms in total. The van der Waals surface area contributed by atoms with Crippen molar-refractivity contribution in [2.75, 3.05) is 45.2 Å². The van der Waals surface area contributed by atoms with E-state index in [0.29, 0.717) is 43.0 Å². The van der Waals surface area contributed by atoms with Gasteiger partial charge in [-0.05, 0) is 46.1 Å². The second-order valence-electron chi connectivity index (χ2n) is 9.84. The molecule has 0 spiro atoms. The number of hydrogen-bond acceptors (Lipinski definition) is 9. The van der Waals surface area contributed by atoms with Gasteiger partial charge < -0.3 is 14.9 Å². The molecule has 0 radical (unpaired) electrons. The van der Waals surface area contributed by atoms with Crippen LogP contribution in [0.15, 0.2) is 43.0 Å². The molecule has 12 heteroatoms. The number of nitrogens with zero attached hydrogens (tertiary/aromatic N) is 10. The van der Waals surface area contributed by atoms with Crippen LogP contribution in [0.3, 0.4) is 0 Å². The van der Waals surface area contributed by atoms with Crippen LogP contribution in [0, 0.1) is 11.3 Å². The number of piperazine rings is 1. The third-order valence-electron chi connectivity index (χ3n) is 6.75. The lowest BCUT2D eigenvalue weighted by Gasteiger charge is -2.37. The normalized spacial score (nSPS) is 14.9. The van der Waals surface area contributed by atoms with Gasteiger partial charge in [0.05, 0.1) is 23.5 Å². The van der Waals surface area contributed by atoms with Crippen molar-refractivity contribution in [2.45, 2.75) is 26.1 Å². The molecule has 1 atom stereocenters. The molecule has 0 unspecified atom stereocenters.